The molecule has 0 bridgehead atoms. The summed E-state index contributed by atoms with van der Waals surface area (Å²) in [7, 11) is 0. The Balaban J connectivity index is -0.0000000222. The fourth-order valence-electron chi connectivity index (χ4n) is 0.408. The summed E-state index contributed by atoms with van der Waals surface area (Å²) >= 11 is 0. The number of hydrogen-bond acceptors (Lipinski definition) is 10. The molecule has 0 aromatic rings. The van der Waals surface area contributed by atoms with Crippen molar-refractivity contribution in [3.05, 3.63) is 18.5 Å². The van der Waals surface area contributed by atoms with Gasteiger partial charge in [0.25, 0.3) is 0 Å². The normalized spacial score (nSPS) is 6.38. The third-order valence-electron chi connectivity index (χ3n) is 1.23. The Kier molecular flexibility index (Phi) is 94.8. The van der Waals surface area contributed by atoms with Crippen LogP contribution < -0.4 is 38.0 Å². The minimum absolute atomic E-state index is 0. The van der Waals surface area contributed by atoms with E-state index in [1.54, 1.807) is 0 Å². The van der Waals surface area contributed by atoms with Crippen LogP contribution in [0.15, 0.2) is 0 Å². The minimum atomic E-state index is -1.37. The van der Waals surface area contributed by atoms with Gasteiger partial charge in [-0.15, -0.1) is 0 Å². The molecule has 0 aromatic carbocycles. The van der Waals surface area contributed by atoms with Crippen LogP contribution in [0.25, 0.3) is 18.5 Å². The molecule has 0 amide bonds. The van der Waals surface area contributed by atoms with Crippen molar-refractivity contribution in [2.75, 3.05) is 13.1 Å². The first kappa shape index (κ1) is 56.3. The van der Waals surface area contributed by atoms with Gasteiger partial charge < -0.3 is 75.7 Å². The van der Waals surface area contributed by atoms with Crippen molar-refractivity contribution in [3.63, 3.8) is 0 Å². The average Bonchev–Trinajstić information content (AvgIpc) is 2.35. The predicted molar refractivity (Wildman–Crippen MR) is 78.4 cm³/mol. The van der Waals surface area contributed by atoms with Crippen molar-refractivity contribution in [1.29, 1.82) is 0 Å². The van der Waals surface area contributed by atoms with E-state index in [1.807, 2.05) is 0 Å². The summed E-state index contributed by atoms with van der Waals surface area (Å²) < 4.78 is 0. The molecule has 0 aliphatic carbocycles. The average molecular weight is 470 g/mol. The van der Waals surface area contributed by atoms with Crippen LogP contribution in [-0.4, -0.2) is 37.0 Å². The first-order chi connectivity index (χ1) is 9.17. The maximum atomic E-state index is 9.50. The fourth-order valence-corrected chi connectivity index (χ4v) is 0.408. The van der Waals surface area contributed by atoms with Gasteiger partial charge in [0.1, 0.15) is 0 Å². The van der Waals surface area contributed by atoms with E-state index in [-0.39, 0.29) is 58.7 Å². The van der Waals surface area contributed by atoms with E-state index in [2.05, 4.69) is 0 Å². The number of carboxylic acids is 4. The summed E-state index contributed by atoms with van der Waals surface area (Å²) in [6, 6.07) is 0. The molecular weight excluding hydrogens is 444 g/mol. The molecule has 2 radical (unpaired) electrons. The van der Waals surface area contributed by atoms with Crippen LogP contribution in [0.4, 0.5) is 0 Å². The SMILES string of the molecule is NCCN.O=C([O-])CCC(=O)[O-].O=C([O-])CCC(=O)[O-].[Fe+3].[Fe+3].[NH2-].[NH2-].[NH2-].[NH4+]. The zero-order valence-electron chi connectivity index (χ0n) is 14.1. The van der Waals surface area contributed by atoms with Gasteiger partial charge in [0.2, 0.25) is 0 Å². The summed E-state index contributed by atoms with van der Waals surface area (Å²) in [6.07, 6.45) is -1.88. The number of carbonyl (C=O) groups excluding carboxylic acids is 4. The maximum absolute atomic E-state index is 9.50. The van der Waals surface area contributed by atoms with Crippen molar-refractivity contribution >= 4 is 23.9 Å². The summed E-state index contributed by atoms with van der Waals surface area (Å²) in [5, 5.41) is 38.0. The van der Waals surface area contributed by atoms with E-state index in [0.29, 0.717) is 13.1 Å². The van der Waals surface area contributed by atoms with Gasteiger partial charge >= 0.3 is 34.1 Å². The van der Waals surface area contributed by atoms with Gasteiger partial charge in [-0.2, -0.15) is 0 Å². The van der Waals surface area contributed by atoms with E-state index in [0.717, 1.165) is 0 Å². The molecule has 0 aliphatic rings. The first-order valence-electron chi connectivity index (χ1n) is 5.36. The van der Waals surface area contributed by atoms with E-state index in [1.165, 1.54) is 0 Å². The molecule has 0 heterocycles. The third-order valence-corrected chi connectivity index (χ3v) is 1.23. The van der Waals surface area contributed by atoms with Gasteiger partial charge in [-0.05, 0) is 25.7 Å². The molecule has 0 saturated heterocycles. The molecule has 0 aromatic heterocycles. The number of hydrogen-bond donors (Lipinski definition) is 3. The van der Waals surface area contributed by atoms with E-state index in [9.17, 15) is 39.6 Å². The maximum Gasteiger partial charge on any atom is 3.00 e. The van der Waals surface area contributed by atoms with Crippen LogP contribution in [0.2, 0.25) is 0 Å². The molecule has 14 nitrogen and oxygen atoms in total. The molecule has 16 heteroatoms. The monoisotopic (exact) mass is 470 g/mol. The Morgan fingerprint density at radius 1 is 0.538 bits per heavy atom. The molecule has 0 unspecified atom stereocenters. The van der Waals surface area contributed by atoms with Gasteiger partial charge in [-0.3, -0.25) is 0 Å². The number of aliphatic carboxylic acids is 4. The topological polar surface area (TPSA) is 350 Å². The number of quaternary nitrogens is 1. The van der Waals surface area contributed by atoms with E-state index < -0.39 is 49.6 Å². The largest absolute Gasteiger partial charge is 3.00 e. The zero-order chi connectivity index (χ0) is 16.6. The van der Waals surface area contributed by atoms with Crippen molar-refractivity contribution in [2.45, 2.75) is 25.7 Å². The molecule has 0 spiro atoms. The smallest absolute Gasteiger partial charge is 0.693 e. The molecule has 14 N–H and O–H groups in total. The van der Waals surface area contributed by atoms with Gasteiger partial charge in [0.15, 0.2) is 0 Å². The van der Waals surface area contributed by atoms with Gasteiger partial charge in [-0.25, -0.2) is 0 Å². The predicted octanol–water partition coefficient (Wildman–Crippen LogP) is -4.04. The van der Waals surface area contributed by atoms with Crippen molar-refractivity contribution in [1.82, 2.24) is 6.15 Å². The standard InChI is InChI=1S/2C4H6O4.C2H8N2.2Fe.H3N.3H2N/c2*5-3(6)1-2-4(7)8;3-1-2-4;;;;;;/h2*1-2H2,(H,5,6)(H,7,8);1-4H2;;;1H3;3*1H2/q;;;2*+3;;3*-1/p-3. The fraction of sp³-hybridized carbons (Fsp3) is 0.600. The Morgan fingerprint density at radius 2 is 0.654 bits per heavy atom. The van der Waals surface area contributed by atoms with Crippen LogP contribution in [0, 0.1) is 0 Å². The molecule has 26 heavy (non-hydrogen) atoms. The van der Waals surface area contributed by atoms with E-state index in [4.69, 9.17) is 11.5 Å². The van der Waals surface area contributed by atoms with Crippen LogP contribution in [-0.2, 0) is 53.3 Å². The minimum Gasteiger partial charge on any atom is -0.693 e. The third kappa shape index (κ3) is 114. The molecule has 0 fully saturated rings. The molecule has 0 atom stereocenters. The second kappa shape index (κ2) is 43.8. The number of nitrogens with two attached hydrogens (primary N) is 5. The molecule has 0 aliphatic heterocycles. The number of rotatable bonds is 7. The van der Waals surface area contributed by atoms with Crippen LogP contribution in [0.5, 0.6) is 0 Å². The Bertz CT molecular complexity index is 268. The van der Waals surface area contributed by atoms with E-state index >= 15 is 0 Å². The van der Waals surface area contributed by atoms with Crippen LogP contribution in [0.1, 0.15) is 25.7 Å². The molecule has 0 saturated carbocycles. The zero-order valence-corrected chi connectivity index (χ0v) is 16.3. The van der Waals surface area contributed by atoms with Gasteiger partial charge in [-0.1, -0.05) is 0 Å². The molecular formula is C10H26Fe2N6O8. The van der Waals surface area contributed by atoms with Crippen molar-refractivity contribution in [3.8, 4) is 0 Å². The van der Waals surface area contributed by atoms with Crippen LogP contribution >= 0.6 is 0 Å². The number of carbonyl (C=O) groups is 4. The summed E-state index contributed by atoms with van der Waals surface area (Å²) in [6.45, 7) is 1.19. The Morgan fingerprint density at radius 3 is 0.692 bits per heavy atom. The quantitative estimate of drug-likeness (QED) is 0.302. The summed E-state index contributed by atoms with van der Waals surface area (Å²) in [5.41, 5.74) is 9.81. The van der Waals surface area contributed by atoms with Crippen molar-refractivity contribution in [2.24, 2.45) is 11.5 Å². The summed E-state index contributed by atoms with van der Waals surface area (Å²) in [5.74, 6) is -5.47. The first-order valence-corrected chi connectivity index (χ1v) is 5.36. The Hall–Kier alpha value is -1.32. The second-order valence-electron chi connectivity index (χ2n) is 3.07. The molecule has 0 rings (SSSR count). The van der Waals surface area contributed by atoms with Gasteiger partial charge in [0.05, 0.1) is 0 Å². The number of carboxylic acid groups (broad SMARTS) is 4. The van der Waals surface area contributed by atoms with Crippen LogP contribution in [0.3, 0.4) is 0 Å². The second-order valence-corrected chi connectivity index (χ2v) is 3.07. The van der Waals surface area contributed by atoms with Crippen molar-refractivity contribution < 1.29 is 73.7 Å². The Labute approximate surface area is 172 Å². The molecule has 160 valence electrons. The van der Waals surface area contributed by atoms with Gasteiger partial charge in [0, 0.05) is 37.0 Å². The summed E-state index contributed by atoms with van der Waals surface area (Å²) in [4.78, 5) is 38.0.